The van der Waals surface area contributed by atoms with Gasteiger partial charge in [0.25, 0.3) is 0 Å². The summed E-state index contributed by atoms with van der Waals surface area (Å²) in [7, 11) is 5.04. The van der Waals surface area contributed by atoms with Gasteiger partial charge in [-0.2, -0.15) is 13.2 Å². The number of esters is 2. The normalized spacial score (nSPS) is 24.3. The second-order valence-electron chi connectivity index (χ2n) is 11.1. The van der Waals surface area contributed by atoms with Crippen LogP contribution in [0.4, 0.5) is 13.2 Å². The first-order valence-electron chi connectivity index (χ1n) is 15.3. The Morgan fingerprint density at radius 3 is 2.13 bits per heavy atom. The average Bonchev–Trinajstić information content (AvgIpc) is 3.44. The van der Waals surface area contributed by atoms with Crippen LogP contribution in [0.2, 0.25) is 0 Å². The predicted octanol–water partition coefficient (Wildman–Crippen LogP) is 5.16. The lowest BCUT2D eigenvalue weighted by molar-refractivity contribution is -0.334. The number of unbranched alkanes of at least 4 members (excludes halogenated alkanes) is 2. The van der Waals surface area contributed by atoms with Gasteiger partial charge in [0.15, 0.2) is 5.17 Å². The number of benzene rings is 1. The number of carbonyl (C=O) groups is 2. The van der Waals surface area contributed by atoms with Gasteiger partial charge in [0.2, 0.25) is 5.60 Å². The van der Waals surface area contributed by atoms with Crippen molar-refractivity contribution in [3.63, 3.8) is 0 Å². The minimum Gasteiger partial charge on any atom is -0.497 e. The van der Waals surface area contributed by atoms with Crippen LogP contribution in [0.25, 0.3) is 0 Å². The molecule has 2 aliphatic heterocycles. The van der Waals surface area contributed by atoms with Crippen LogP contribution in [0.3, 0.4) is 0 Å². The molecule has 14 heteroatoms. The van der Waals surface area contributed by atoms with E-state index in [0.717, 1.165) is 24.6 Å². The number of rotatable bonds is 15. The van der Waals surface area contributed by atoms with Crippen LogP contribution in [-0.2, 0) is 39.7 Å². The first-order valence-corrected chi connectivity index (χ1v) is 16.2. The first kappa shape index (κ1) is 36.9. The molecular formula is C31H45F3N2O8S. The van der Waals surface area contributed by atoms with Gasteiger partial charge in [-0.3, -0.25) is 4.99 Å². The van der Waals surface area contributed by atoms with E-state index < -0.39 is 59.9 Å². The van der Waals surface area contributed by atoms with Crippen molar-refractivity contribution < 1.29 is 51.2 Å². The maximum Gasteiger partial charge on any atom is 0.431 e. The molecule has 2 heterocycles. The third-order valence-corrected chi connectivity index (χ3v) is 8.90. The van der Waals surface area contributed by atoms with Crippen LogP contribution >= 0.6 is 11.8 Å². The lowest BCUT2D eigenvalue weighted by atomic mass is 9.81. The fourth-order valence-electron chi connectivity index (χ4n) is 5.15. The maximum absolute atomic E-state index is 15.7. The third-order valence-electron chi connectivity index (χ3n) is 7.60. The molecule has 0 spiro atoms. The zero-order chi connectivity index (χ0) is 33.2. The predicted molar refractivity (Wildman–Crippen MR) is 163 cm³/mol. The van der Waals surface area contributed by atoms with Gasteiger partial charge in [-0.25, -0.2) is 9.59 Å². The molecule has 3 rings (SSSR count). The van der Waals surface area contributed by atoms with Crippen molar-refractivity contribution in [1.82, 2.24) is 4.90 Å². The molecule has 1 fully saturated rings. The van der Waals surface area contributed by atoms with E-state index in [0.29, 0.717) is 29.3 Å². The number of amidine groups is 1. The zero-order valence-corrected chi connectivity index (χ0v) is 27.6. The number of hydrogen-bond donors (Lipinski definition) is 0. The van der Waals surface area contributed by atoms with E-state index in [-0.39, 0.29) is 26.2 Å². The van der Waals surface area contributed by atoms with Crippen LogP contribution < -0.4 is 4.74 Å². The molecule has 254 valence electrons. The van der Waals surface area contributed by atoms with Gasteiger partial charge in [-0.15, -0.1) is 0 Å². The van der Waals surface area contributed by atoms with E-state index >= 15 is 13.2 Å². The highest BCUT2D eigenvalue weighted by Gasteiger charge is 2.69. The van der Waals surface area contributed by atoms with Crippen molar-refractivity contribution in [2.45, 2.75) is 101 Å². The highest BCUT2D eigenvalue weighted by Crippen LogP contribution is 2.49. The monoisotopic (exact) mass is 662 g/mol. The van der Waals surface area contributed by atoms with E-state index in [1.54, 1.807) is 43.3 Å². The zero-order valence-electron chi connectivity index (χ0n) is 26.8. The van der Waals surface area contributed by atoms with Gasteiger partial charge < -0.3 is 33.3 Å². The third kappa shape index (κ3) is 9.05. The smallest absolute Gasteiger partial charge is 0.431 e. The number of halogens is 3. The number of nitrogens with zero attached hydrogens (tertiary/aromatic N) is 2. The van der Waals surface area contributed by atoms with E-state index in [1.807, 2.05) is 13.8 Å². The number of alkyl halides is 3. The van der Waals surface area contributed by atoms with Crippen molar-refractivity contribution in [1.29, 1.82) is 0 Å². The minimum atomic E-state index is -5.20. The standard InChI is InChI=1S/C31H45F3N2O8S/c1-7-10-18-41-23-22-28(45-29(35-22)36(4)5)43-25(24(23)42-19-11-8-2)30(31(32,33)34,44-27(38)26(37)40-9-3)17-16-20-12-14-21(39-6)15-13-20/h12-15,22-25,28H,7-11,16-19H2,1-6H3/t22-,23-,24+,25+,28-,30?/m1/s1. The van der Waals surface area contributed by atoms with Crippen molar-refractivity contribution in [2.75, 3.05) is 41.0 Å². The molecule has 2 aliphatic rings. The fraction of sp³-hybridized carbons (Fsp3) is 0.710. The first-order chi connectivity index (χ1) is 21.4. The quantitative estimate of drug-likeness (QED) is 0.142. The number of thioether (sulfide) groups is 1. The Morgan fingerprint density at radius 2 is 1.60 bits per heavy atom. The summed E-state index contributed by atoms with van der Waals surface area (Å²) in [4.78, 5) is 31.9. The summed E-state index contributed by atoms with van der Waals surface area (Å²) in [5.74, 6) is -2.77. The van der Waals surface area contributed by atoms with E-state index in [2.05, 4.69) is 0 Å². The number of aryl methyl sites for hydroxylation is 1. The van der Waals surface area contributed by atoms with Crippen LogP contribution in [0.5, 0.6) is 5.75 Å². The Bertz CT molecular complexity index is 1140. The molecule has 6 atom stereocenters. The van der Waals surface area contributed by atoms with Gasteiger partial charge in [0.1, 0.15) is 35.5 Å². The SMILES string of the molecule is CCCCO[C@@H]1[C@H]2N=C(N(C)C)S[C@H]2O[C@H](C(CCc2ccc(OC)cc2)(OC(=O)C(=O)OCC)C(F)(F)F)[C@H]1OCCCC. The summed E-state index contributed by atoms with van der Waals surface area (Å²) < 4.78 is 80.9. The molecule has 0 radical (unpaired) electrons. The Labute approximate surface area is 267 Å². The van der Waals surface area contributed by atoms with E-state index in [4.69, 9.17) is 33.4 Å². The number of aliphatic imine (C=N–C) groups is 1. The van der Waals surface area contributed by atoms with Crippen molar-refractivity contribution in [3.05, 3.63) is 29.8 Å². The van der Waals surface area contributed by atoms with Crippen molar-refractivity contribution in [3.8, 4) is 5.75 Å². The van der Waals surface area contributed by atoms with Crippen LogP contribution in [0.15, 0.2) is 29.3 Å². The Balaban J connectivity index is 2.16. The molecule has 0 bridgehead atoms. The van der Waals surface area contributed by atoms with Crippen LogP contribution in [0, 0.1) is 0 Å². The molecule has 10 nitrogen and oxygen atoms in total. The van der Waals surface area contributed by atoms with Gasteiger partial charge in [0.05, 0.1) is 13.7 Å². The molecule has 0 saturated carbocycles. The van der Waals surface area contributed by atoms with Gasteiger partial charge in [-0.05, 0) is 43.9 Å². The second kappa shape index (κ2) is 16.8. The highest BCUT2D eigenvalue weighted by atomic mass is 32.2. The van der Waals surface area contributed by atoms with Gasteiger partial charge >= 0.3 is 18.1 Å². The number of methoxy groups -OCH3 is 1. The molecule has 1 aromatic rings. The molecule has 1 aromatic carbocycles. The Hall–Kier alpha value is -2.55. The summed E-state index contributed by atoms with van der Waals surface area (Å²) >= 11 is 1.16. The summed E-state index contributed by atoms with van der Waals surface area (Å²) in [6.07, 6.45) is -7.58. The van der Waals surface area contributed by atoms with Crippen molar-refractivity contribution in [2.24, 2.45) is 4.99 Å². The molecule has 1 saturated heterocycles. The lowest BCUT2D eigenvalue weighted by Gasteiger charge is -2.50. The Kier molecular flexibility index (Phi) is 13.8. The summed E-state index contributed by atoms with van der Waals surface area (Å²) in [6.45, 7) is 5.49. The van der Waals surface area contributed by atoms with E-state index in [1.165, 1.54) is 14.0 Å². The molecular weight excluding hydrogens is 617 g/mol. The molecule has 0 N–H and O–H groups in total. The molecule has 45 heavy (non-hydrogen) atoms. The topological polar surface area (TPSA) is 105 Å². The number of ether oxygens (including phenoxy) is 6. The summed E-state index contributed by atoms with van der Waals surface area (Å²) in [5, 5.41) is 0.557. The van der Waals surface area contributed by atoms with Crippen LogP contribution in [-0.4, -0.2) is 105 Å². The lowest BCUT2D eigenvalue weighted by Crippen LogP contribution is -2.70. The Morgan fingerprint density at radius 1 is 0.978 bits per heavy atom. The largest absolute Gasteiger partial charge is 0.497 e. The number of hydrogen-bond acceptors (Lipinski definition) is 11. The van der Waals surface area contributed by atoms with Crippen molar-refractivity contribution >= 4 is 28.9 Å². The second-order valence-corrected chi connectivity index (χ2v) is 12.1. The number of carbonyl (C=O) groups excluding carboxylic acids is 2. The molecule has 0 aliphatic carbocycles. The summed E-state index contributed by atoms with van der Waals surface area (Å²) in [6, 6.07) is 5.82. The number of fused-ring (bicyclic) bond motifs is 1. The van der Waals surface area contributed by atoms with Gasteiger partial charge in [0, 0.05) is 33.7 Å². The fourth-order valence-corrected chi connectivity index (χ4v) is 6.28. The molecule has 0 amide bonds. The minimum absolute atomic E-state index is 0.113. The van der Waals surface area contributed by atoms with Gasteiger partial charge in [-0.1, -0.05) is 50.6 Å². The molecule has 1 unspecified atom stereocenters. The average molecular weight is 663 g/mol. The summed E-state index contributed by atoms with van der Waals surface area (Å²) in [5.41, 5.74) is -3.68. The highest BCUT2D eigenvalue weighted by molar-refractivity contribution is 8.14. The van der Waals surface area contributed by atoms with Crippen LogP contribution in [0.1, 0.15) is 58.4 Å². The van der Waals surface area contributed by atoms with E-state index in [9.17, 15) is 9.59 Å². The molecule has 0 aromatic heterocycles. The maximum atomic E-state index is 15.7.